The lowest BCUT2D eigenvalue weighted by atomic mass is 9.95. The molecule has 0 spiro atoms. The zero-order valence-electron chi connectivity index (χ0n) is 7.07. The maximum atomic E-state index is 10.7. The molecule has 0 radical (unpaired) electrons. The topological polar surface area (TPSA) is 96.2 Å². The highest BCUT2D eigenvalue weighted by molar-refractivity contribution is 5.79. The van der Waals surface area contributed by atoms with Gasteiger partial charge in [0.05, 0.1) is 0 Å². The van der Waals surface area contributed by atoms with Crippen LogP contribution in [0.15, 0.2) is 23.1 Å². The Hall–Kier alpha value is -1.62. The lowest BCUT2D eigenvalue weighted by Crippen LogP contribution is -2.42. The van der Waals surface area contributed by atoms with Gasteiger partial charge in [0.15, 0.2) is 0 Å². The van der Waals surface area contributed by atoms with E-state index in [9.17, 15) is 9.59 Å². The molecular weight excluding hydrogens is 172 g/mol. The Bertz CT molecular complexity index is 361. The fourth-order valence-corrected chi connectivity index (χ4v) is 0.857. The molecule has 0 aliphatic carbocycles. The summed E-state index contributed by atoms with van der Waals surface area (Å²) in [5, 5.41) is 8.75. The molecule has 0 amide bonds. The van der Waals surface area contributed by atoms with Gasteiger partial charge in [-0.2, -0.15) is 0 Å². The number of aliphatic carboxylic acids is 1. The number of rotatable bonds is 2. The van der Waals surface area contributed by atoms with Gasteiger partial charge >= 0.3 is 5.97 Å². The molecule has 1 aromatic heterocycles. The Balaban J connectivity index is 3.15. The number of aromatic amines is 1. The zero-order chi connectivity index (χ0) is 10.1. The van der Waals surface area contributed by atoms with Crippen molar-refractivity contribution in [1.82, 2.24) is 4.98 Å². The van der Waals surface area contributed by atoms with Crippen LogP contribution >= 0.6 is 0 Å². The van der Waals surface area contributed by atoms with Crippen LogP contribution in [0, 0.1) is 0 Å². The summed E-state index contributed by atoms with van der Waals surface area (Å²) in [7, 11) is 0. The van der Waals surface area contributed by atoms with Crippen molar-refractivity contribution in [3.05, 3.63) is 34.2 Å². The molecular formula is C8H10N2O3. The molecule has 0 aliphatic rings. The van der Waals surface area contributed by atoms with E-state index in [0.717, 1.165) is 0 Å². The molecule has 1 rings (SSSR count). The van der Waals surface area contributed by atoms with Crippen LogP contribution in [-0.4, -0.2) is 16.1 Å². The molecule has 0 saturated carbocycles. The first-order valence-corrected chi connectivity index (χ1v) is 3.66. The van der Waals surface area contributed by atoms with E-state index in [4.69, 9.17) is 10.8 Å². The van der Waals surface area contributed by atoms with Gasteiger partial charge in [0.1, 0.15) is 5.54 Å². The average Bonchev–Trinajstić information content (AvgIpc) is 2.04. The SMILES string of the molecule is CC(N)(C(=O)O)c1ccc(=O)[nH]c1. The lowest BCUT2D eigenvalue weighted by molar-refractivity contribution is -0.143. The Morgan fingerprint density at radius 1 is 1.62 bits per heavy atom. The second-order valence-corrected chi connectivity index (χ2v) is 2.95. The largest absolute Gasteiger partial charge is 0.480 e. The van der Waals surface area contributed by atoms with E-state index in [0.29, 0.717) is 5.56 Å². The van der Waals surface area contributed by atoms with E-state index in [-0.39, 0.29) is 5.56 Å². The zero-order valence-corrected chi connectivity index (χ0v) is 7.07. The number of pyridine rings is 1. The minimum Gasteiger partial charge on any atom is -0.480 e. The molecule has 0 aromatic carbocycles. The van der Waals surface area contributed by atoms with Gasteiger partial charge in [-0.3, -0.25) is 4.79 Å². The first-order chi connectivity index (χ1) is 5.94. The van der Waals surface area contributed by atoms with Gasteiger partial charge in [0, 0.05) is 12.3 Å². The van der Waals surface area contributed by atoms with Crippen molar-refractivity contribution < 1.29 is 9.90 Å². The van der Waals surface area contributed by atoms with E-state index in [1.807, 2.05) is 0 Å². The molecule has 0 fully saturated rings. The molecule has 70 valence electrons. The molecule has 1 unspecified atom stereocenters. The van der Waals surface area contributed by atoms with Crippen molar-refractivity contribution in [3.8, 4) is 0 Å². The van der Waals surface area contributed by atoms with Crippen molar-refractivity contribution >= 4 is 5.97 Å². The number of carboxylic acids is 1. The number of carbonyl (C=O) groups is 1. The number of hydrogen-bond donors (Lipinski definition) is 3. The monoisotopic (exact) mass is 182 g/mol. The highest BCUT2D eigenvalue weighted by Gasteiger charge is 2.30. The average molecular weight is 182 g/mol. The summed E-state index contributed by atoms with van der Waals surface area (Å²) in [6.45, 7) is 1.36. The summed E-state index contributed by atoms with van der Waals surface area (Å²) in [5.41, 5.74) is 4.11. The van der Waals surface area contributed by atoms with Crippen molar-refractivity contribution in [1.29, 1.82) is 0 Å². The molecule has 0 aliphatic heterocycles. The predicted molar refractivity (Wildman–Crippen MR) is 46.2 cm³/mol. The number of nitrogens with two attached hydrogens (primary N) is 1. The van der Waals surface area contributed by atoms with Crippen LogP contribution in [0.5, 0.6) is 0 Å². The van der Waals surface area contributed by atoms with Gasteiger partial charge in [-0.05, 0) is 18.6 Å². The fraction of sp³-hybridized carbons (Fsp3) is 0.250. The Morgan fingerprint density at radius 3 is 2.62 bits per heavy atom. The predicted octanol–water partition coefficient (Wildman–Crippen LogP) is -0.367. The molecule has 0 bridgehead atoms. The quantitative estimate of drug-likeness (QED) is 0.581. The smallest absolute Gasteiger partial charge is 0.328 e. The van der Waals surface area contributed by atoms with E-state index >= 15 is 0 Å². The van der Waals surface area contributed by atoms with Crippen LogP contribution in [0.3, 0.4) is 0 Å². The summed E-state index contributed by atoms with van der Waals surface area (Å²) in [6, 6.07) is 2.64. The van der Waals surface area contributed by atoms with Gasteiger partial charge in [0.2, 0.25) is 5.56 Å². The van der Waals surface area contributed by atoms with Crippen LogP contribution < -0.4 is 11.3 Å². The number of hydrogen-bond acceptors (Lipinski definition) is 3. The van der Waals surface area contributed by atoms with Crippen molar-refractivity contribution in [2.24, 2.45) is 5.73 Å². The molecule has 0 saturated heterocycles. The van der Waals surface area contributed by atoms with Crippen molar-refractivity contribution in [3.63, 3.8) is 0 Å². The first-order valence-electron chi connectivity index (χ1n) is 3.66. The molecule has 1 atom stereocenters. The minimum absolute atomic E-state index is 0.287. The van der Waals surface area contributed by atoms with Gasteiger partial charge in [0.25, 0.3) is 0 Å². The summed E-state index contributed by atoms with van der Waals surface area (Å²) in [6.07, 6.45) is 1.30. The minimum atomic E-state index is -1.47. The molecule has 13 heavy (non-hydrogen) atoms. The Kier molecular flexibility index (Phi) is 2.20. The van der Waals surface area contributed by atoms with E-state index in [1.165, 1.54) is 25.3 Å². The third-order valence-corrected chi connectivity index (χ3v) is 1.83. The third-order valence-electron chi connectivity index (χ3n) is 1.83. The molecule has 5 nitrogen and oxygen atoms in total. The summed E-state index contributed by atoms with van der Waals surface area (Å²) in [4.78, 5) is 23.7. The highest BCUT2D eigenvalue weighted by Crippen LogP contribution is 2.14. The number of carboxylic acid groups (broad SMARTS) is 1. The van der Waals surface area contributed by atoms with Crippen LogP contribution in [0.25, 0.3) is 0 Å². The standard InChI is InChI=1S/C8H10N2O3/c1-8(9,7(12)13)5-2-3-6(11)10-4-5/h2-4H,9H2,1H3,(H,10,11)(H,12,13). The van der Waals surface area contributed by atoms with Crippen LogP contribution in [0.4, 0.5) is 0 Å². The maximum absolute atomic E-state index is 10.7. The normalized spacial score (nSPS) is 14.9. The number of aromatic nitrogens is 1. The van der Waals surface area contributed by atoms with E-state index in [2.05, 4.69) is 4.98 Å². The lowest BCUT2D eigenvalue weighted by Gasteiger charge is -2.18. The van der Waals surface area contributed by atoms with Gasteiger partial charge in [-0.15, -0.1) is 0 Å². The second-order valence-electron chi connectivity index (χ2n) is 2.95. The number of H-pyrrole nitrogens is 1. The molecule has 4 N–H and O–H groups in total. The van der Waals surface area contributed by atoms with Crippen LogP contribution in [0.2, 0.25) is 0 Å². The van der Waals surface area contributed by atoms with Gasteiger partial charge in [-0.25, -0.2) is 4.79 Å². The maximum Gasteiger partial charge on any atom is 0.328 e. The summed E-state index contributed by atoms with van der Waals surface area (Å²) in [5.74, 6) is -1.14. The molecule has 5 heteroatoms. The van der Waals surface area contributed by atoms with Crippen molar-refractivity contribution in [2.45, 2.75) is 12.5 Å². The van der Waals surface area contributed by atoms with E-state index < -0.39 is 11.5 Å². The van der Waals surface area contributed by atoms with E-state index in [1.54, 1.807) is 0 Å². The van der Waals surface area contributed by atoms with Crippen LogP contribution in [0.1, 0.15) is 12.5 Å². The van der Waals surface area contributed by atoms with Crippen LogP contribution in [-0.2, 0) is 10.3 Å². The summed E-state index contributed by atoms with van der Waals surface area (Å²) < 4.78 is 0. The first kappa shape index (κ1) is 9.47. The fourth-order valence-electron chi connectivity index (χ4n) is 0.857. The number of nitrogens with one attached hydrogen (secondary N) is 1. The van der Waals surface area contributed by atoms with Gasteiger partial charge < -0.3 is 15.8 Å². The Morgan fingerprint density at radius 2 is 2.23 bits per heavy atom. The van der Waals surface area contributed by atoms with Crippen molar-refractivity contribution in [2.75, 3.05) is 0 Å². The van der Waals surface area contributed by atoms with Gasteiger partial charge in [-0.1, -0.05) is 0 Å². The molecule has 1 aromatic rings. The third kappa shape index (κ3) is 1.75. The summed E-state index contributed by atoms with van der Waals surface area (Å²) >= 11 is 0. The highest BCUT2D eigenvalue weighted by atomic mass is 16.4. The molecule has 1 heterocycles. The Labute approximate surface area is 74.2 Å². The second kappa shape index (κ2) is 3.02.